The van der Waals surface area contributed by atoms with Crippen LogP contribution in [0.2, 0.25) is 5.02 Å². The first-order chi connectivity index (χ1) is 11.5. The molecule has 0 aliphatic rings. The highest BCUT2D eigenvalue weighted by atomic mass is 35.5. The van der Waals surface area contributed by atoms with Gasteiger partial charge in [-0.2, -0.15) is 0 Å². The number of halogens is 1. The zero-order valence-electron chi connectivity index (χ0n) is 14.1. The summed E-state index contributed by atoms with van der Waals surface area (Å²) in [5.41, 5.74) is 4.11. The summed E-state index contributed by atoms with van der Waals surface area (Å²) >= 11 is 5.94. The number of nitrogens with one attached hydrogen (secondary N) is 2. The fraction of sp³-hybridized carbons (Fsp3) is 0.263. The normalized spacial score (nSPS) is 10.3. The van der Waals surface area contributed by atoms with E-state index in [4.69, 9.17) is 11.6 Å². The maximum absolute atomic E-state index is 12.3. The second-order valence-electron chi connectivity index (χ2n) is 5.53. The van der Waals surface area contributed by atoms with Gasteiger partial charge in [0.1, 0.15) is 0 Å². The summed E-state index contributed by atoms with van der Waals surface area (Å²) in [4.78, 5) is 24.5. The quantitative estimate of drug-likeness (QED) is 0.810. The van der Waals surface area contributed by atoms with Crippen LogP contribution < -0.4 is 10.6 Å². The first kappa shape index (κ1) is 18.0. The van der Waals surface area contributed by atoms with Crippen LogP contribution in [-0.2, 0) is 22.4 Å². The molecule has 5 heteroatoms. The monoisotopic (exact) mass is 344 g/mol. The lowest BCUT2D eigenvalue weighted by Crippen LogP contribution is -2.30. The number of amides is 2. The highest BCUT2D eigenvalue weighted by Gasteiger charge is 2.18. The molecular formula is C19H21ClN2O2. The summed E-state index contributed by atoms with van der Waals surface area (Å²) < 4.78 is 0. The zero-order valence-corrected chi connectivity index (χ0v) is 14.8. The largest absolute Gasteiger partial charge is 0.317 e. The summed E-state index contributed by atoms with van der Waals surface area (Å²) in [6.45, 7) is 5.87. The number of anilines is 2. The van der Waals surface area contributed by atoms with Gasteiger partial charge in [-0.25, -0.2) is 0 Å². The summed E-state index contributed by atoms with van der Waals surface area (Å²) in [7, 11) is 0. The van der Waals surface area contributed by atoms with E-state index in [1.165, 1.54) is 0 Å². The molecule has 0 radical (unpaired) electrons. The van der Waals surface area contributed by atoms with Gasteiger partial charge in [-0.15, -0.1) is 0 Å². The molecule has 0 saturated carbocycles. The molecule has 0 atom stereocenters. The Hall–Kier alpha value is -2.33. The van der Waals surface area contributed by atoms with Gasteiger partial charge < -0.3 is 10.6 Å². The van der Waals surface area contributed by atoms with E-state index in [9.17, 15) is 9.59 Å². The van der Waals surface area contributed by atoms with Crippen molar-refractivity contribution in [3.8, 4) is 0 Å². The molecule has 0 aliphatic heterocycles. The lowest BCUT2D eigenvalue weighted by atomic mass is 10.0. The van der Waals surface area contributed by atoms with Crippen molar-refractivity contribution in [2.75, 3.05) is 10.6 Å². The van der Waals surface area contributed by atoms with Crippen LogP contribution in [0.3, 0.4) is 0 Å². The molecule has 2 aromatic carbocycles. The van der Waals surface area contributed by atoms with E-state index < -0.39 is 11.8 Å². The fourth-order valence-corrected chi connectivity index (χ4v) is 2.65. The minimum absolute atomic E-state index is 0.501. The highest BCUT2D eigenvalue weighted by Crippen LogP contribution is 2.23. The minimum Gasteiger partial charge on any atom is -0.317 e. The van der Waals surface area contributed by atoms with Crippen LogP contribution in [-0.4, -0.2) is 11.8 Å². The lowest BCUT2D eigenvalue weighted by Gasteiger charge is -2.14. The number of carbonyl (C=O) groups excluding carboxylic acids is 2. The first-order valence-electron chi connectivity index (χ1n) is 7.95. The highest BCUT2D eigenvalue weighted by molar-refractivity contribution is 6.44. The van der Waals surface area contributed by atoms with Gasteiger partial charge in [0.05, 0.1) is 0 Å². The Morgan fingerprint density at radius 1 is 0.958 bits per heavy atom. The Kier molecular flexibility index (Phi) is 5.99. The van der Waals surface area contributed by atoms with Gasteiger partial charge in [0.2, 0.25) is 0 Å². The molecule has 4 nitrogen and oxygen atoms in total. The predicted octanol–water partition coefficient (Wildman–Crippen LogP) is 4.35. The van der Waals surface area contributed by atoms with E-state index in [1.807, 2.05) is 39.0 Å². The summed E-state index contributed by atoms with van der Waals surface area (Å²) in [5.74, 6) is -1.40. The maximum Gasteiger partial charge on any atom is 0.314 e. The standard InChI is InChI=1S/C19H21ClN2O2/c1-4-13-7-6-8-14(5-2)17(13)22-19(24)18(23)21-16-11-15(20)10-9-12(16)3/h6-11H,4-5H2,1-3H3,(H,21,23)(H,22,24). The second-order valence-corrected chi connectivity index (χ2v) is 5.96. The van der Waals surface area contributed by atoms with Gasteiger partial charge in [0.25, 0.3) is 0 Å². The molecule has 0 spiro atoms. The van der Waals surface area contributed by atoms with Gasteiger partial charge in [-0.05, 0) is 48.6 Å². The third-order valence-electron chi connectivity index (χ3n) is 3.89. The Morgan fingerprint density at radius 2 is 1.54 bits per heavy atom. The van der Waals surface area contributed by atoms with Crippen molar-refractivity contribution < 1.29 is 9.59 Å². The summed E-state index contributed by atoms with van der Waals surface area (Å²) in [5, 5.41) is 5.86. The molecule has 24 heavy (non-hydrogen) atoms. The van der Waals surface area contributed by atoms with Crippen molar-refractivity contribution in [2.24, 2.45) is 0 Å². The van der Waals surface area contributed by atoms with Gasteiger partial charge in [-0.1, -0.05) is 49.7 Å². The SMILES string of the molecule is CCc1cccc(CC)c1NC(=O)C(=O)Nc1cc(Cl)ccc1C. The number of hydrogen-bond donors (Lipinski definition) is 2. The molecule has 0 heterocycles. The Labute approximate surface area is 147 Å². The van der Waals surface area contributed by atoms with E-state index in [0.717, 1.165) is 35.2 Å². The molecule has 0 aromatic heterocycles. The van der Waals surface area contributed by atoms with E-state index >= 15 is 0 Å². The van der Waals surface area contributed by atoms with Crippen molar-refractivity contribution in [1.29, 1.82) is 0 Å². The third-order valence-corrected chi connectivity index (χ3v) is 4.13. The van der Waals surface area contributed by atoms with Crippen molar-refractivity contribution >= 4 is 34.8 Å². The smallest absolute Gasteiger partial charge is 0.314 e. The molecular weight excluding hydrogens is 324 g/mol. The molecule has 126 valence electrons. The maximum atomic E-state index is 12.3. The molecule has 2 aromatic rings. The van der Waals surface area contributed by atoms with Crippen LogP contribution in [0.15, 0.2) is 36.4 Å². The molecule has 0 fully saturated rings. The van der Waals surface area contributed by atoms with Crippen molar-refractivity contribution in [1.82, 2.24) is 0 Å². The topological polar surface area (TPSA) is 58.2 Å². The van der Waals surface area contributed by atoms with Gasteiger partial charge in [0.15, 0.2) is 0 Å². The third kappa shape index (κ3) is 4.15. The van der Waals surface area contributed by atoms with E-state index in [0.29, 0.717) is 10.7 Å². The number of rotatable bonds is 4. The Morgan fingerprint density at radius 3 is 2.12 bits per heavy atom. The van der Waals surface area contributed by atoms with Crippen molar-refractivity contribution in [3.05, 3.63) is 58.1 Å². The summed E-state index contributed by atoms with van der Waals surface area (Å²) in [6, 6.07) is 11.0. The van der Waals surface area contributed by atoms with Crippen LogP contribution >= 0.6 is 11.6 Å². The van der Waals surface area contributed by atoms with Gasteiger partial charge in [-0.3, -0.25) is 9.59 Å². The van der Waals surface area contributed by atoms with Gasteiger partial charge in [0, 0.05) is 16.4 Å². The van der Waals surface area contributed by atoms with Crippen LogP contribution in [0.25, 0.3) is 0 Å². The van der Waals surface area contributed by atoms with Crippen LogP contribution in [0.1, 0.15) is 30.5 Å². The number of para-hydroxylation sites is 1. The molecule has 2 N–H and O–H groups in total. The van der Waals surface area contributed by atoms with E-state index in [2.05, 4.69) is 10.6 Å². The van der Waals surface area contributed by atoms with Crippen LogP contribution in [0.5, 0.6) is 0 Å². The molecule has 2 rings (SSSR count). The number of carbonyl (C=O) groups is 2. The number of aryl methyl sites for hydroxylation is 3. The molecule has 0 aliphatic carbocycles. The number of hydrogen-bond acceptors (Lipinski definition) is 2. The molecule has 0 unspecified atom stereocenters. The molecule has 0 saturated heterocycles. The Bertz CT molecular complexity index is 750. The van der Waals surface area contributed by atoms with Crippen LogP contribution in [0, 0.1) is 6.92 Å². The molecule has 0 bridgehead atoms. The average Bonchev–Trinajstić information content (AvgIpc) is 2.58. The van der Waals surface area contributed by atoms with Gasteiger partial charge >= 0.3 is 11.8 Å². The Balaban J connectivity index is 2.18. The lowest BCUT2D eigenvalue weighted by molar-refractivity contribution is -0.133. The number of benzene rings is 2. The second kappa shape index (κ2) is 7.97. The summed E-state index contributed by atoms with van der Waals surface area (Å²) in [6.07, 6.45) is 1.55. The fourth-order valence-electron chi connectivity index (χ4n) is 2.48. The van der Waals surface area contributed by atoms with Crippen molar-refractivity contribution in [3.63, 3.8) is 0 Å². The zero-order chi connectivity index (χ0) is 17.7. The minimum atomic E-state index is -0.715. The van der Waals surface area contributed by atoms with E-state index in [1.54, 1.807) is 18.2 Å². The first-order valence-corrected chi connectivity index (χ1v) is 8.33. The predicted molar refractivity (Wildman–Crippen MR) is 98.6 cm³/mol. The van der Waals surface area contributed by atoms with E-state index in [-0.39, 0.29) is 0 Å². The average molecular weight is 345 g/mol. The van der Waals surface area contributed by atoms with Crippen molar-refractivity contribution in [2.45, 2.75) is 33.6 Å². The van der Waals surface area contributed by atoms with Crippen LogP contribution in [0.4, 0.5) is 11.4 Å². The molecule has 2 amide bonds.